The van der Waals surface area contributed by atoms with Gasteiger partial charge >= 0.3 is 0 Å². The van der Waals surface area contributed by atoms with Crippen molar-refractivity contribution in [3.8, 4) is 0 Å². The fraction of sp³-hybridized carbons (Fsp3) is 0.231. The molecule has 0 aliphatic heterocycles. The summed E-state index contributed by atoms with van der Waals surface area (Å²) in [6.07, 6.45) is 0. The molecule has 0 saturated heterocycles. The fourth-order valence-electron chi connectivity index (χ4n) is 1.61. The molecule has 1 aromatic heterocycles. The molecule has 1 aromatic carbocycles. The number of rotatable bonds is 6. The summed E-state index contributed by atoms with van der Waals surface area (Å²) in [4.78, 5) is 0. The minimum atomic E-state index is -3.55. The van der Waals surface area contributed by atoms with E-state index in [1.807, 2.05) is 19.1 Å². The molecule has 0 amide bonds. The molecule has 0 atom stereocenters. The van der Waals surface area contributed by atoms with Gasteiger partial charge in [-0.3, -0.25) is 4.72 Å². The van der Waals surface area contributed by atoms with Crippen LogP contribution in [0.3, 0.4) is 0 Å². The van der Waals surface area contributed by atoms with Crippen LogP contribution >= 0.6 is 22.9 Å². The normalized spacial score (nSPS) is 11.5. The van der Waals surface area contributed by atoms with Gasteiger partial charge in [0.15, 0.2) is 0 Å². The molecule has 108 valence electrons. The Morgan fingerprint density at radius 1 is 1.15 bits per heavy atom. The van der Waals surface area contributed by atoms with E-state index in [2.05, 4.69) is 10.0 Å². The van der Waals surface area contributed by atoms with Crippen LogP contribution in [0.25, 0.3) is 0 Å². The van der Waals surface area contributed by atoms with E-state index in [1.54, 1.807) is 18.2 Å². The van der Waals surface area contributed by atoms with Crippen molar-refractivity contribution in [1.29, 1.82) is 0 Å². The summed E-state index contributed by atoms with van der Waals surface area (Å²) in [5.74, 6) is 0. The molecule has 2 aromatic rings. The Balaban J connectivity index is 2.09. The average Bonchev–Trinajstić information content (AvgIpc) is 2.85. The Hall–Kier alpha value is -1.08. The third kappa shape index (κ3) is 3.96. The zero-order valence-electron chi connectivity index (χ0n) is 10.9. The molecule has 0 spiro atoms. The second-order valence-corrected chi connectivity index (χ2v) is 7.77. The molecule has 2 rings (SSSR count). The molecular weight excluding hydrogens is 316 g/mol. The molecule has 0 saturated carbocycles. The first kappa shape index (κ1) is 15.3. The molecule has 0 unspecified atom stereocenters. The van der Waals surface area contributed by atoms with Crippen molar-refractivity contribution < 1.29 is 8.42 Å². The Labute approximate surface area is 127 Å². The van der Waals surface area contributed by atoms with Gasteiger partial charge < -0.3 is 5.32 Å². The summed E-state index contributed by atoms with van der Waals surface area (Å²) in [7, 11) is -3.55. The lowest BCUT2D eigenvalue weighted by molar-refractivity contribution is 0.603. The van der Waals surface area contributed by atoms with E-state index >= 15 is 0 Å². The van der Waals surface area contributed by atoms with Gasteiger partial charge in [-0.25, -0.2) is 8.42 Å². The number of anilines is 1. The highest BCUT2D eigenvalue weighted by atomic mass is 35.5. The molecule has 4 nitrogen and oxygen atoms in total. The van der Waals surface area contributed by atoms with E-state index in [-0.39, 0.29) is 4.21 Å². The number of nitrogens with one attached hydrogen (secondary N) is 2. The predicted molar refractivity (Wildman–Crippen MR) is 84.0 cm³/mol. The lowest BCUT2D eigenvalue weighted by Crippen LogP contribution is -2.13. The summed E-state index contributed by atoms with van der Waals surface area (Å²) in [5, 5.41) is 3.21. The van der Waals surface area contributed by atoms with Crippen LogP contribution in [0.5, 0.6) is 0 Å². The third-order valence-electron chi connectivity index (χ3n) is 2.60. The van der Waals surface area contributed by atoms with Crippen LogP contribution < -0.4 is 10.0 Å². The van der Waals surface area contributed by atoms with Gasteiger partial charge in [-0.2, -0.15) is 0 Å². The Bertz CT molecular complexity index is 666. The van der Waals surface area contributed by atoms with E-state index in [9.17, 15) is 8.42 Å². The molecular formula is C13H15ClN2O2S2. The number of benzene rings is 1. The van der Waals surface area contributed by atoms with Crippen molar-refractivity contribution in [2.45, 2.75) is 17.7 Å². The van der Waals surface area contributed by atoms with E-state index in [1.165, 1.54) is 6.07 Å². The van der Waals surface area contributed by atoms with E-state index in [4.69, 9.17) is 11.6 Å². The lowest BCUT2D eigenvalue weighted by Gasteiger charge is -2.07. The maximum atomic E-state index is 12.1. The molecule has 0 fully saturated rings. The highest BCUT2D eigenvalue weighted by Gasteiger charge is 2.16. The highest BCUT2D eigenvalue weighted by molar-refractivity contribution is 7.94. The van der Waals surface area contributed by atoms with Crippen LogP contribution in [0.15, 0.2) is 40.6 Å². The van der Waals surface area contributed by atoms with Gasteiger partial charge in [0.1, 0.15) is 4.21 Å². The van der Waals surface area contributed by atoms with Crippen LogP contribution in [-0.2, 0) is 16.6 Å². The van der Waals surface area contributed by atoms with Crippen molar-refractivity contribution >= 4 is 38.6 Å². The molecule has 20 heavy (non-hydrogen) atoms. The molecule has 0 aliphatic carbocycles. The van der Waals surface area contributed by atoms with Crippen molar-refractivity contribution in [2.24, 2.45) is 0 Å². The summed E-state index contributed by atoms with van der Waals surface area (Å²) < 4.78 is 27.4. The van der Waals surface area contributed by atoms with Gasteiger partial charge in [-0.1, -0.05) is 30.7 Å². The van der Waals surface area contributed by atoms with Crippen LogP contribution in [0.4, 0.5) is 5.69 Å². The molecule has 0 radical (unpaired) electrons. The van der Waals surface area contributed by atoms with Crippen molar-refractivity contribution in [2.75, 3.05) is 11.3 Å². The van der Waals surface area contributed by atoms with Crippen molar-refractivity contribution in [3.05, 3.63) is 46.3 Å². The number of sulfonamides is 1. The maximum absolute atomic E-state index is 12.1. The van der Waals surface area contributed by atoms with E-state index < -0.39 is 10.0 Å². The van der Waals surface area contributed by atoms with Gasteiger partial charge in [0.25, 0.3) is 10.0 Å². The number of hydrogen-bond donors (Lipinski definition) is 2. The van der Waals surface area contributed by atoms with Gasteiger partial charge in [-0.05, 0) is 36.4 Å². The van der Waals surface area contributed by atoms with E-state index in [0.717, 1.165) is 30.0 Å². The highest BCUT2D eigenvalue weighted by Crippen LogP contribution is 2.27. The minimum absolute atomic E-state index is 0.208. The molecule has 2 N–H and O–H groups in total. The Kier molecular flexibility index (Phi) is 5.04. The summed E-state index contributed by atoms with van der Waals surface area (Å²) in [6.45, 7) is 3.70. The fourth-order valence-corrected chi connectivity index (χ4v) is 4.15. The van der Waals surface area contributed by atoms with Gasteiger partial charge in [0.05, 0.1) is 4.34 Å². The van der Waals surface area contributed by atoms with Crippen LogP contribution in [0.1, 0.15) is 12.5 Å². The third-order valence-corrected chi connectivity index (χ3v) is 5.70. The lowest BCUT2D eigenvalue weighted by atomic mass is 10.2. The summed E-state index contributed by atoms with van der Waals surface area (Å²) in [6, 6.07) is 10.3. The largest absolute Gasteiger partial charge is 0.313 e. The van der Waals surface area contributed by atoms with Crippen LogP contribution in [0.2, 0.25) is 4.34 Å². The number of thiophene rings is 1. The van der Waals surface area contributed by atoms with Gasteiger partial charge in [0.2, 0.25) is 0 Å². The van der Waals surface area contributed by atoms with Crippen molar-refractivity contribution in [1.82, 2.24) is 5.32 Å². The molecule has 1 heterocycles. The SMILES string of the molecule is CCNCc1ccc(NS(=O)(=O)c2ccc(Cl)s2)cc1. The van der Waals surface area contributed by atoms with Crippen molar-refractivity contribution in [3.63, 3.8) is 0 Å². The minimum Gasteiger partial charge on any atom is -0.313 e. The quantitative estimate of drug-likeness (QED) is 0.854. The second-order valence-electron chi connectivity index (χ2n) is 4.14. The Morgan fingerprint density at radius 3 is 2.40 bits per heavy atom. The number of halogens is 1. The van der Waals surface area contributed by atoms with Crippen LogP contribution in [0, 0.1) is 0 Å². The molecule has 7 heteroatoms. The van der Waals surface area contributed by atoms with Crippen LogP contribution in [-0.4, -0.2) is 15.0 Å². The predicted octanol–water partition coefficient (Wildman–Crippen LogP) is 3.31. The summed E-state index contributed by atoms with van der Waals surface area (Å²) >= 11 is 6.79. The maximum Gasteiger partial charge on any atom is 0.271 e. The standard InChI is InChI=1S/C13H15ClN2O2S2/c1-2-15-9-10-3-5-11(6-4-10)16-20(17,18)13-8-7-12(14)19-13/h3-8,15-16H,2,9H2,1H3. The van der Waals surface area contributed by atoms with Gasteiger partial charge in [0, 0.05) is 12.2 Å². The van der Waals surface area contributed by atoms with E-state index in [0.29, 0.717) is 10.0 Å². The zero-order chi connectivity index (χ0) is 14.6. The molecule has 0 aliphatic rings. The monoisotopic (exact) mass is 330 g/mol. The first-order chi connectivity index (χ1) is 9.51. The average molecular weight is 331 g/mol. The molecule has 0 bridgehead atoms. The van der Waals surface area contributed by atoms with Gasteiger partial charge in [-0.15, -0.1) is 11.3 Å². The first-order valence-corrected chi connectivity index (χ1v) is 8.77. The topological polar surface area (TPSA) is 58.2 Å². The zero-order valence-corrected chi connectivity index (χ0v) is 13.3. The first-order valence-electron chi connectivity index (χ1n) is 6.09. The number of hydrogen-bond acceptors (Lipinski definition) is 4. The Morgan fingerprint density at radius 2 is 1.85 bits per heavy atom. The second kappa shape index (κ2) is 6.58. The summed E-state index contributed by atoms with van der Waals surface area (Å²) in [5.41, 5.74) is 1.64. The smallest absolute Gasteiger partial charge is 0.271 e.